The third-order valence-corrected chi connectivity index (χ3v) is 18.1. The second-order valence-corrected chi connectivity index (χ2v) is 21.1. The Balaban J connectivity index is 1.99. The van der Waals surface area contributed by atoms with E-state index in [0.29, 0.717) is 50.4 Å². The van der Waals surface area contributed by atoms with Crippen molar-refractivity contribution in [3.63, 3.8) is 0 Å². The maximum Gasteiger partial charge on any atom is 0.417 e. The summed E-state index contributed by atoms with van der Waals surface area (Å²) in [7, 11) is -4.29. The van der Waals surface area contributed by atoms with Crippen LogP contribution < -0.4 is 4.31 Å². The molecule has 0 spiro atoms. The molecule has 4 aromatic rings. The summed E-state index contributed by atoms with van der Waals surface area (Å²) in [6.07, 6.45) is -1.19. The second kappa shape index (κ2) is 14.7. The van der Waals surface area contributed by atoms with Gasteiger partial charge in [-0.05, 0) is 71.2 Å². The van der Waals surface area contributed by atoms with E-state index in [0.717, 1.165) is 16.4 Å². The van der Waals surface area contributed by atoms with E-state index in [2.05, 4.69) is 50.8 Å². The molecular weight excluding hydrogens is 697 g/mol. The number of alkyl halides is 3. The van der Waals surface area contributed by atoms with Crippen molar-refractivity contribution >= 4 is 46.6 Å². The Bertz CT molecular complexity index is 1900. The van der Waals surface area contributed by atoms with Crippen LogP contribution in [0.2, 0.25) is 21.6 Å². The van der Waals surface area contributed by atoms with Crippen molar-refractivity contribution in [3.05, 3.63) is 81.9 Å². The highest BCUT2D eigenvalue weighted by atomic mass is 35.5. The van der Waals surface area contributed by atoms with Crippen molar-refractivity contribution in [1.82, 2.24) is 14.2 Å². The fourth-order valence-corrected chi connectivity index (χ4v) is 15.6. The van der Waals surface area contributed by atoms with E-state index in [9.17, 15) is 26.7 Å². The molecule has 0 saturated heterocycles. The number of benzene rings is 1. The van der Waals surface area contributed by atoms with Gasteiger partial charge in [-0.25, -0.2) is 17.7 Å². The first-order chi connectivity index (χ1) is 22.8. The first kappa shape index (κ1) is 38.8. The van der Waals surface area contributed by atoms with Gasteiger partial charge in [0.2, 0.25) is 0 Å². The van der Waals surface area contributed by atoms with Crippen molar-refractivity contribution in [2.24, 2.45) is 0 Å². The molecular formula is C34H44ClF3N4O5SSi. The third-order valence-electron chi connectivity index (χ3n) is 9.29. The molecule has 3 heterocycles. The van der Waals surface area contributed by atoms with E-state index in [1.165, 1.54) is 26.5 Å². The fraction of sp³-hybridized carbons (Fsp3) is 0.471. The number of pyridine rings is 2. The average molecular weight is 741 g/mol. The first-order valence-corrected chi connectivity index (χ1v) is 19.9. The molecule has 4 rings (SSSR count). The number of fused-ring (bicyclic) bond motifs is 1. The molecule has 9 nitrogen and oxygen atoms in total. The maximum atomic E-state index is 14.2. The molecule has 3 aromatic heterocycles. The van der Waals surface area contributed by atoms with Crippen LogP contribution >= 0.6 is 11.6 Å². The van der Waals surface area contributed by atoms with Crippen LogP contribution in [0.25, 0.3) is 11.0 Å². The van der Waals surface area contributed by atoms with E-state index in [1.54, 1.807) is 13.1 Å². The highest BCUT2D eigenvalue weighted by molar-refractivity contribution is 7.92. The minimum absolute atomic E-state index is 0.0457. The van der Waals surface area contributed by atoms with Crippen LogP contribution in [0.3, 0.4) is 0 Å². The van der Waals surface area contributed by atoms with Gasteiger partial charge in [0.25, 0.3) is 10.0 Å². The number of aromatic nitrogens is 3. The van der Waals surface area contributed by atoms with Crippen LogP contribution in [0.1, 0.15) is 75.6 Å². The highest BCUT2D eigenvalue weighted by Crippen LogP contribution is 2.45. The molecule has 268 valence electrons. The topological polar surface area (TPSA) is 107 Å². The molecule has 0 amide bonds. The molecule has 1 unspecified atom stereocenters. The van der Waals surface area contributed by atoms with Crippen LogP contribution in [0.5, 0.6) is 0 Å². The monoisotopic (exact) mass is 740 g/mol. The van der Waals surface area contributed by atoms with Gasteiger partial charge in [-0.2, -0.15) is 13.2 Å². The molecule has 0 aliphatic carbocycles. The quantitative estimate of drug-likeness (QED) is 0.108. The molecule has 0 radical (unpaired) electrons. The Kier molecular flexibility index (Phi) is 11.6. The lowest BCUT2D eigenvalue weighted by molar-refractivity contribution is -0.137. The van der Waals surface area contributed by atoms with Crippen molar-refractivity contribution in [2.75, 3.05) is 25.3 Å². The van der Waals surface area contributed by atoms with Gasteiger partial charge in [0.05, 0.1) is 33.5 Å². The summed E-state index contributed by atoms with van der Waals surface area (Å²) in [4.78, 5) is 8.71. The molecule has 49 heavy (non-hydrogen) atoms. The Morgan fingerprint density at radius 3 is 2.16 bits per heavy atom. The second-order valence-electron chi connectivity index (χ2n) is 13.1. The van der Waals surface area contributed by atoms with E-state index in [4.69, 9.17) is 26.1 Å². The molecule has 1 atom stereocenters. The van der Waals surface area contributed by atoms with E-state index < -0.39 is 52.8 Å². The van der Waals surface area contributed by atoms with Gasteiger partial charge in [0.15, 0.2) is 8.24 Å². The van der Waals surface area contributed by atoms with Gasteiger partial charge >= 0.3 is 6.18 Å². The molecule has 0 saturated carbocycles. The van der Waals surface area contributed by atoms with Crippen LogP contribution in [0.4, 0.5) is 18.9 Å². The summed E-state index contributed by atoms with van der Waals surface area (Å²) in [6.45, 7) is 14.7. The van der Waals surface area contributed by atoms with Crippen molar-refractivity contribution < 1.29 is 36.2 Å². The number of hydrogen-bond acceptors (Lipinski definition) is 7. The number of nitrogens with zero attached hydrogens (tertiary/aromatic N) is 4. The van der Waals surface area contributed by atoms with Crippen molar-refractivity contribution in [2.45, 2.75) is 88.9 Å². The molecule has 15 heteroatoms. The largest absolute Gasteiger partial charge is 0.417 e. The number of anilines is 1. The first-order valence-electron chi connectivity index (χ1n) is 15.9. The predicted octanol–water partition coefficient (Wildman–Crippen LogP) is 8.46. The van der Waals surface area contributed by atoms with E-state index in [1.807, 2.05) is 12.3 Å². The Morgan fingerprint density at radius 1 is 0.980 bits per heavy atom. The SMILES string of the molecule is COCc1cnc(C(O)c2c(C)cnc3c2ccn3[Si](C(C)C)(C(C)C)C(C)C)c(N(COC)S(=O)(=O)c2ccc(Cl)c(C(F)(F)F)c2)c1. The minimum atomic E-state index is -4.90. The number of aliphatic hydroxyl groups excluding tert-OH is 1. The Hall–Kier alpha value is -3.01. The predicted molar refractivity (Wildman–Crippen MR) is 188 cm³/mol. The van der Waals surface area contributed by atoms with Gasteiger partial charge in [0, 0.05) is 37.6 Å². The Labute approximate surface area is 292 Å². The number of aliphatic hydroxyl groups is 1. The van der Waals surface area contributed by atoms with Crippen LogP contribution in [-0.2, 0) is 32.3 Å². The lowest BCUT2D eigenvalue weighted by atomic mass is 9.98. The molecule has 0 aliphatic heterocycles. The molecule has 0 fully saturated rings. The zero-order valence-electron chi connectivity index (χ0n) is 29.1. The molecule has 0 bridgehead atoms. The van der Waals surface area contributed by atoms with Gasteiger partial charge in [-0.15, -0.1) is 0 Å². The van der Waals surface area contributed by atoms with Gasteiger partial charge in [0.1, 0.15) is 18.5 Å². The van der Waals surface area contributed by atoms with E-state index in [-0.39, 0.29) is 18.0 Å². The van der Waals surface area contributed by atoms with Gasteiger partial charge < -0.3 is 18.8 Å². The van der Waals surface area contributed by atoms with E-state index >= 15 is 0 Å². The minimum Gasteiger partial charge on any atom is -0.382 e. The number of halogens is 4. The number of aryl methyl sites for hydroxylation is 1. The zero-order valence-corrected chi connectivity index (χ0v) is 31.7. The number of methoxy groups -OCH3 is 2. The van der Waals surface area contributed by atoms with Crippen molar-refractivity contribution in [1.29, 1.82) is 0 Å². The average Bonchev–Trinajstić information content (AvgIpc) is 3.42. The Morgan fingerprint density at radius 2 is 1.61 bits per heavy atom. The molecule has 0 aliphatic rings. The molecule has 1 aromatic carbocycles. The third kappa shape index (κ3) is 7.00. The zero-order chi connectivity index (χ0) is 36.6. The molecule has 1 N–H and O–H groups in total. The number of ether oxygens (including phenoxy) is 2. The van der Waals surface area contributed by atoms with Crippen molar-refractivity contribution in [3.8, 4) is 0 Å². The summed E-state index contributed by atoms with van der Waals surface area (Å²) in [5, 5.41) is 12.2. The normalized spacial score (nSPS) is 13.7. The summed E-state index contributed by atoms with van der Waals surface area (Å²) in [5.74, 6) is 0. The summed E-state index contributed by atoms with van der Waals surface area (Å²) in [6, 6.07) is 5.76. The van der Waals surface area contributed by atoms with Gasteiger partial charge in [-0.1, -0.05) is 53.1 Å². The standard InChI is InChI=1S/C34H44ClF3N4O5SSi/c1-20(2)49(21(3)4,22(5)6)42-13-12-26-30(23(7)16-40-33(26)42)32(43)31-29(14-24(17-39-31)18-46-8)41(19-47-9)48(44,45)25-10-11-28(35)27(15-25)34(36,37)38/h10-17,20-22,32,43H,18-19H2,1-9H3. The smallest absolute Gasteiger partial charge is 0.382 e. The van der Waals surface area contributed by atoms with Gasteiger partial charge in [-0.3, -0.25) is 4.98 Å². The lowest BCUT2D eigenvalue weighted by Crippen LogP contribution is -2.51. The fourth-order valence-electron chi connectivity index (χ4n) is 7.41. The highest BCUT2D eigenvalue weighted by Gasteiger charge is 2.46. The summed E-state index contributed by atoms with van der Waals surface area (Å²) in [5.41, 5.74) is 1.94. The number of sulfonamides is 1. The van der Waals surface area contributed by atoms with Crippen LogP contribution in [0, 0.1) is 6.92 Å². The summed E-state index contributed by atoms with van der Waals surface area (Å²) >= 11 is 5.81. The summed E-state index contributed by atoms with van der Waals surface area (Å²) < 4.78 is 83.3. The lowest BCUT2D eigenvalue weighted by Gasteiger charge is -2.44. The van der Waals surface area contributed by atoms with Crippen LogP contribution in [-0.4, -0.2) is 56.9 Å². The maximum absolute atomic E-state index is 14.2. The number of hydrogen-bond donors (Lipinski definition) is 1. The number of rotatable bonds is 13. The van der Waals surface area contributed by atoms with Crippen LogP contribution in [0.15, 0.2) is 53.8 Å².